The summed E-state index contributed by atoms with van der Waals surface area (Å²) in [5, 5.41) is 9.32. The number of hydrogen-bond acceptors (Lipinski definition) is 6. The Kier molecular flexibility index (Phi) is 6.01. The lowest BCUT2D eigenvalue weighted by Gasteiger charge is -2.43. The number of rotatable bonds is 5. The first-order chi connectivity index (χ1) is 13.6. The lowest BCUT2D eigenvalue weighted by molar-refractivity contribution is -0.140. The van der Waals surface area contributed by atoms with E-state index in [1.54, 1.807) is 6.07 Å². The van der Waals surface area contributed by atoms with Crippen molar-refractivity contribution >= 4 is 23.2 Å². The smallest absolute Gasteiger partial charge is 0.345 e. The molecule has 4 rings (SSSR count). The molecule has 0 aromatic carbocycles. The molecule has 1 aromatic heterocycles. The average molecular weight is 409 g/mol. The largest absolute Gasteiger partial charge is 0.477 e. The van der Waals surface area contributed by atoms with E-state index in [-0.39, 0.29) is 5.91 Å². The van der Waals surface area contributed by atoms with Gasteiger partial charge in [-0.3, -0.25) is 9.69 Å². The molecule has 2 saturated heterocycles. The Morgan fingerprint density at radius 1 is 1.14 bits per heavy atom. The molecule has 0 atom stereocenters. The number of ether oxygens (including phenoxy) is 2. The fraction of sp³-hybridized carbons (Fsp3) is 0.700. The Morgan fingerprint density at radius 2 is 1.89 bits per heavy atom. The molecule has 1 aromatic rings. The van der Waals surface area contributed by atoms with Gasteiger partial charge in [-0.05, 0) is 43.9 Å². The molecule has 0 unspecified atom stereocenters. The third-order valence-corrected chi connectivity index (χ3v) is 7.43. The maximum absolute atomic E-state index is 12.6. The number of carbonyl (C=O) groups excluding carboxylic acids is 1. The number of carboxylic acid groups (broad SMARTS) is 1. The maximum Gasteiger partial charge on any atom is 0.345 e. The van der Waals surface area contributed by atoms with Crippen molar-refractivity contribution in [3.8, 4) is 0 Å². The summed E-state index contributed by atoms with van der Waals surface area (Å²) in [7, 11) is 0. The molecule has 1 amide bonds. The number of aromatic carboxylic acids is 1. The van der Waals surface area contributed by atoms with Gasteiger partial charge in [-0.25, -0.2) is 4.79 Å². The van der Waals surface area contributed by atoms with Crippen molar-refractivity contribution in [1.29, 1.82) is 0 Å². The van der Waals surface area contributed by atoms with Crippen LogP contribution in [-0.2, 0) is 26.3 Å². The summed E-state index contributed by atoms with van der Waals surface area (Å²) in [4.78, 5) is 29.7. The first-order valence-corrected chi connectivity index (χ1v) is 11.0. The lowest BCUT2D eigenvalue weighted by Crippen LogP contribution is -2.48. The number of nitrogens with zero attached hydrogens (tertiary/aromatic N) is 2. The molecule has 4 heterocycles. The Balaban J connectivity index is 1.31. The van der Waals surface area contributed by atoms with Gasteiger partial charge in [0.15, 0.2) is 0 Å². The van der Waals surface area contributed by atoms with Gasteiger partial charge in [0.05, 0.1) is 19.8 Å². The van der Waals surface area contributed by atoms with Gasteiger partial charge in [-0.1, -0.05) is 0 Å². The van der Waals surface area contributed by atoms with Crippen molar-refractivity contribution in [1.82, 2.24) is 9.80 Å². The van der Waals surface area contributed by atoms with Crippen LogP contribution >= 0.6 is 11.3 Å². The highest BCUT2D eigenvalue weighted by molar-refractivity contribution is 7.14. The van der Waals surface area contributed by atoms with E-state index in [0.717, 1.165) is 69.0 Å². The summed E-state index contributed by atoms with van der Waals surface area (Å²) in [5.41, 5.74) is 0.704. The summed E-state index contributed by atoms with van der Waals surface area (Å²) in [5.74, 6) is -0.654. The molecule has 1 N–H and O–H groups in total. The topological polar surface area (TPSA) is 79.3 Å². The number of piperidine rings is 1. The van der Waals surface area contributed by atoms with Crippen LogP contribution in [0.2, 0.25) is 0 Å². The van der Waals surface area contributed by atoms with Gasteiger partial charge >= 0.3 is 5.97 Å². The van der Waals surface area contributed by atoms with Crippen LogP contribution in [-0.4, -0.2) is 79.3 Å². The van der Waals surface area contributed by atoms with Crippen LogP contribution in [0.1, 0.15) is 45.8 Å². The van der Waals surface area contributed by atoms with Crippen molar-refractivity contribution in [2.24, 2.45) is 0 Å². The van der Waals surface area contributed by atoms with Gasteiger partial charge in [-0.2, -0.15) is 0 Å². The minimum Gasteiger partial charge on any atom is -0.477 e. The van der Waals surface area contributed by atoms with Crippen LogP contribution in [0.4, 0.5) is 0 Å². The maximum atomic E-state index is 12.6. The molecule has 1 spiro atoms. The van der Waals surface area contributed by atoms with Crippen molar-refractivity contribution in [2.75, 3.05) is 52.5 Å². The summed E-state index contributed by atoms with van der Waals surface area (Å²) in [6, 6.07) is 1.80. The molecular formula is C20H28N2O5S. The number of amides is 1. The second-order valence-corrected chi connectivity index (χ2v) is 8.85. The number of morpholine rings is 1. The number of carbonyl (C=O) groups is 2. The first kappa shape index (κ1) is 19.8. The average Bonchev–Trinajstić information content (AvgIpc) is 3.16. The molecular weight excluding hydrogens is 380 g/mol. The molecule has 0 aliphatic carbocycles. The molecule has 3 aliphatic heterocycles. The summed E-state index contributed by atoms with van der Waals surface area (Å²) < 4.78 is 11.5. The molecule has 2 fully saturated rings. The van der Waals surface area contributed by atoms with Crippen LogP contribution in [0, 0.1) is 0 Å². The van der Waals surface area contributed by atoms with Gasteiger partial charge in [0, 0.05) is 37.5 Å². The zero-order valence-corrected chi connectivity index (χ0v) is 17.0. The van der Waals surface area contributed by atoms with Crippen LogP contribution in [0.15, 0.2) is 6.07 Å². The highest BCUT2D eigenvalue weighted by Crippen LogP contribution is 2.45. The van der Waals surface area contributed by atoms with E-state index >= 15 is 0 Å². The SMILES string of the molecule is O=C(O)c1cc2c(s1)C1(CCN(C(=O)CCCN3CCOCC3)CC1)OCC2. The van der Waals surface area contributed by atoms with Crippen LogP contribution in [0.3, 0.4) is 0 Å². The molecule has 0 radical (unpaired) electrons. The highest BCUT2D eigenvalue weighted by Gasteiger charge is 2.43. The Bertz CT molecular complexity index is 720. The number of thiophene rings is 1. The number of carboxylic acids is 1. The van der Waals surface area contributed by atoms with Gasteiger partial charge in [0.2, 0.25) is 5.91 Å². The fourth-order valence-electron chi connectivity index (χ4n) is 4.45. The molecule has 28 heavy (non-hydrogen) atoms. The van der Waals surface area contributed by atoms with E-state index < -0.39 is 11.6 Å². The number of fused-ring (bicyclic) bond motifs is 2. The zero-order valence-electron chi connectivity index (χ0n) is 16.2. The summed E-state index contributed by atoms with van der Waals surface area (Å²) >= 11 is 1.34. The van der Waals surface area contributed by atoms with Crippen molar-refractivity contribution in [3.63, 3.8) is 0 Å². The molecule has 154 valence electrons. The first-order valence-electron chi connectivity index (χ1n) is 10.2. The van der Waals surface area contributed by atoms with Gasteiger partial charge < -0.3 is 19.5 Å². The molecule has 7 nitrogen and oxygen atoms in total. The number of likely N-dealkylation sites (tertiary alicyclic amines) is 1. The second kappa shape index (κ2) is 8.49. The second-order valence-electron chi connectivity index (χ2n) is 7.80. The monoisotopic (exact) mass is 408 g/mol. The lowest BCUT2D eigenvalue weighted by atomic mass is 9.85. The zero-order chi connectivity index (χ0) is 19.6. The van der Waals surface area contributed by atoms with E-state index in [4.69, 9.17) is 9.47 Å². The normalized spacial score (nSPS) is 22.2. The van der Waals surface area contributed by atoms with E-state index in [9.17, 15) is 14.7 Å². The van der Waals surface area contributed by atoms with E-state index in [1.807, 2.05) is 4.90 Å². The van der Waals surface area contributed by atoms with Gasteiger partial charge in [0.25, 0.3) is 0 Å². The standard InChI is InChI=1S/C20H28N2O5S/c23-17(2-1-6-21-9-12-26-13-10-21)22-7-4-20(5-8-22)18-15(3-11-27-20)14-16(28-18)19(24)25/h14H,1-13H2,(H,24,25). The van der Waals surface area contributed by atoms with Crippen molar-refractivity contribution < 1.29 is 24.2 Å². The van der Waals surface area contributed by atoms with Crippen LogP contribution in [0.5, 0.6) is 0 Å². The van der Waals surface area contributed by atoms with Crippen LogP contribution in [0.25, 0.3) is 0 Å². The van der Waals surface area contributed by atoms with E-state index in [0.29, 0.717) is 31.0 Å². The van der Waals surface area contributed by atoms with Gasteiger partial charge in [0.1, 0.15) is 10.5 Å². The Hall–Kier alpha value is -1.48. The minimum atomic E-state index is -0.873. The summed E-state index contributed by atoms with van der Waals surface area (Å²) in [6.07, 6.45) is 3.72. The Labute approximate surface area is 169 Å². The highest BCUT2D eigenvalue weighted by atomic mass is 32.1. The predicted molar refractivity (Wildman–Crippen MR) is 105 cm³/mol. The molecule has 0 bridgehead atoms. The molecule has 0 saturated carbocycles. The molecule has 8 heteroatoms. The summed E-state index contributed by atoms with van der Waals surface area (Å²) in [6.45, 7) is 6.42. The minimum absolute atomic E-state index is 0.219. The van der Waals surface area contributed by atoms with E-state index in [2.05, 4.69) is 4.90 Å². The van der Waals surface area contributed by atoms with E-state index in [1.165, 1.54) is 11.3 Å². The van der Waals surface area contributed by atoms with Crippen molar-refractivity contribution in [3.05, 3.63) is 21.4 Å². The quantitative estimate of drug-likeness (QED) is 0.802. The fourth-order valence-corrected chi connectivity index (χ4v) is 5.70. The van der Waals surface area contributed by atoms with Crippen molar-refractivity contribution in [2.45, 2.75) is 37.7 Å². The van der Waals surface area contributed by atoms with Crippen LogP contribution < -0.4 is 0 Å². The third-order valence-electron chi connectivity index (χ3n) is 6.08. The third kappa shape index (κ3) is 4.10. The number of hydrogen-bond donors (Lipinski definition) is 1. The Morgan fingerprint density at radius 3 is 2.61 bits per heavy atom. The predicted octanol–water partition coefficient (Wildman–Crippen LogP) is 1.95. The van der Waals surface area contributed by atoms with Gasteiger partial charge in [-0.15, -0.1) is 11.3 Å². The molecule has 3 aliphatic rings.